The highest BCUT2D eigenvalue weighted by Gasteiger charge is 2.43. The molecule has 0 aliphatic carbocycles. The average molecular weight is 525 g/mol. The molecule has 9 heteroatoms. The van der Waals surface area contributed by atoms with E-state index in [-0.39, 0.29) is 42.7 Å². The number of thiazole rings is 1. The number of aryl methyl sites for hydroxylation is 1. The summed E-state index contributed by atoms with van der Waals surface area (Å²) in [4.78, 5) is 34.0. The van der Waals surface area contributed by atoms with E-state index in [1.54, 1.807) is 11.3 Å². The number of β-amino-alcohol motifs (C(OH)–C–C–N with tert-alkyl or cyclic N) is 1. The molecule has 0 spiro atoms. The molecule has 2 amide bonds. The van der Waals surface area contributed by atoms with Crippen molar-refractivity contribution in [3.8, 4) is 10.4 Å². The molecule has 1 aliphatic heterocycles. The Hall–Kier alpha value is -3.04. The summed E-state index contributed by atoms with van der Waals surface area (Å²) in [5, 5.41) is 17.6. The Kier molecular flexibility index (Phi) is 8.14. The Balaban J connectivity index is 1.48. The molecule has 3 aromatic rings. The van der Waals surface area contributed by atoms with Crippen molar-refractivity contribution in [2.24, 2.45) is 5.92 Å². The van der Waals surface area contributed by atoms with Gasteiger partial charge in [-0.05, 0) is 36.8 Å². The molecular weight excluding hydrogens is 488 g/mol. The summed E-state index contributed by atoms with van der Waals surface area (Å²) in [5.74, 6) is -0.483. The van der Waals surface area contributed by atoms with Crippen LogP contribution in [0.25, 0.3) is 10.4 Å². The molecule has 4 rings (SSSR count). The normalized spacial score (nSPS) is 19.4. The number of benzene rings is 1. The Labute approximate surface area is 222 Å². The fourth-order valence-electron chi connectivity index (χ4n) is 4.84. The number of aliphatic hydroxyl groups excluding tert-OH is 1. The SMILES string of the molecule is Cc1ncsc1-c1ccc([C@H](C)NC(=O)[C@@H]2C[C@@H](O)CN2C(=O)C(c2cc(C(C)C)no2)C(C)C)cc1. The van der Waals surface area contributed by atoms with E-state index >= 15 is 0 Å². The fraction of sp³-hybridized carbons (Fsp3) is 0.500. The molecule has 2 N–H and O–H groups in total. The molecule has 2 aromatic heterocycles. The molecule has 0 saturated carbocycles. The van der Waals surface area contributed by atoms with Gasteiger partial charge in [-0.25, -0.2) is 4.98 Å². The standard InChI is InChI=1S/C28H36N4O4S/c1-15(2)22-12-24(36-31-22)25(16(3)4)28(35)32-13-21(33)11-23(32)27(34)30-17(5)19-7-9-20(10-8-19)26-18(6)29-14-37-26/h7-10,12,14-17,21,23,25,33H,11,13H2,1-6H3,(H,30,34)/t17-,21+,23-,25?/m0/s1. The van der Waals surface area contributed by atoms with E-state index in [0.717, 1.165) is 27.4 Å². The maximum atomic E-state index is 13.7. The van der Waals surface area contributed by atoms with Crippen LogP contribution in [0.3, 0.4) is 0 Å². The summed E-state index contributed by atoms with van der Waals surface area (Å²) in [6, 6.07) is 8.87. The minimum Gasteiger partial charge on any atom is -0.391 e. The lowest BCUT2D eigenvalue weighted by Crippen LogP contribution is -2.48. The molecule has 8 nitrogen and oxygen atoms in total. The van der Waals surface area contributed by atoms with Gasteiger partial charge >= 0.3 is 0 Å². The minimum absolute atomic E-state index is 0.0680. The van der Waals surface area contributed by atoms with Crippen LogP contribution >= 0.6 is 11.3 Å². The van der Waals surface area contributed by atoms with Crippen LogP contribution in [0.5, 0.6) is 0 Å². The third-order valence-electron chi connectivity index (χ3n) is 7.02. The zero-order chi connectivity index (χ0) is 26.9. The van der Waals surface area contributed by atoms with E-state index in [0.29, 0.717) is 5.76 Å². The zero-order valence-corrected chi connectivity index (χ0v) is 23.1. The lowest BCUT2D eigenvalue weighted by Gasteiger charge is -2.29. The first-order valence-electron chi connectivity index (χ1n) is 12.8. The van der Waals surface area contributed by atoms with Gasteiger partial charge in [0.05, 0.1) is 33.9 Å². The number of aromatic nitrogens is 2. The molecule has 3 heterocycles. The largest absolute Gasteiger partial charge is 0.391 e. The first kappa shape index (κ1) is 27.0. The van der Waals surface area contributed by atoms with Crippen molar-refractivity contribution in [2.45, 2.75) is 78.0 Å². The molecule has 4 atom stereocenters. The molecule has 1 aliphatic rings. The summed E-state index contributed by atoms with van der Waals surface area (Å²) >= 11 is 1.60. The third-order valence-corrected chi connectivity index (χ3v) is 8.00. The van der Waals surface area contributed by atoms with Crippen molar-refractivity contribution < 1.29 is 19.2 Å². The summed E-state index contributed by atoms with van der Waals surface area (Å²) in [5.41, 5.74) is 5.66. The lowest BCUT2D eigenvalue weighted by molar-refractivity contribution is -0.141. The fourth-order valence-corrected chi connectivity index (χ4v) is 5.65. The smallest absolute Gasteiger partial charge is 0.243 e. The van der Waals surface area contributed by atoms with Gasteiger partial charge in [0.1, 0.15) is 17.7 Å². The first-order chi connectivity index (χ1) is 17.6. The van der Waals surface area contributed by atoms with Gasteiger partial charge in [0.15, 0.2) is 0 Å². The zero-order valence-electron chi connectivity index (χ0n) is 22.3. The maximum absolute atomic E-state index is 13.7. The summed E-state index contributed by atoms with van der Waals surface area (Å²) in [6.45, 7) is 11.9. The van der Waals surface area contributed by atoms with Crippen molar-refractivity contribution in [1.82, 2.24) is 20.4 Å². The molecule has 1 aromatic carbocycles. The van der Waals surface area contributed by atoms with Crippen LogP contribution in [0.15, 0.2) is 40.4 Å². The molecular formula is C28H36N4O4S. The summed E-state index contributed by atoms with van der Waals surface area (Å²) in [6.07, 6.45) is -0.558. The van der Waals surface area contributed by atoms with Gasteiger partial charge in [-0.15, -0.1) is 11.3 Å². The minimum atomic E-state index is -0.759. The molecule has 198 valence electrons. The quantitative estimate of drug-likeness (QED) is 0.438. The second kappa shape index (κ2) is 11.1. The topological polar surface area (TPSA) is 109 Å². The molecule has 37 heavy (non-hydrogen) atoms. The summed E-state index contributed by atoms with van der Waals surface area (Å²) in [7, 11) is 0. The molecule has 0 bridgehead atoms. The van der Waals surface area contributed by atoms with E-state index in [4.69, 9.17) is 4.52 Å². The highest BCUT2D eigenvalue weighted by molar-refractivity contribution is 7.13. The lowest BCUT2D eigenvalue weighted by atomic mass is 9.90. The van der Waals surface area contributed by atoms with Gasteiger partial charge in [-0.1, -0.05) is 57.1 Å². The van der Waals surface area contributed by atoms with Gasteiger partial charge in [0.25, 0.3) is 0 Å². The van der Waals surface area contributed by atoms with Crippen molar-refractivity contribution in [2.75, 3.05) is 6.54 Å². The number of hydrogen-bond acceptors (Lipinski definition) is 7. The monoisotopic (exact) mass is 524 g/mol. The molecule has 1 unspecified atom stereocenters. The van der Waals surface area contributed by atoms with Gasteiger partial charge in [0, 0.05) is 19.0 Å². The van der Waals surface area contributed by atoms with Crippen LogP contribution < -0.4 is 5.32 Å². The number of carbonyl (C=O) groups excluding carboxylic acids is 2. The van der Waals surface area contributed by atoms with Crippen molar-refractivity contribution >= 4 is 23.2 Å². The number of carbonyl (C=O) groups is 2. The number of rotatable bonds is 8. The van der Waals surface area contributed by atoms with Crippen LogP contribution in [0, 0.1) is 12.8 Å². The Morgan fingerprint density at radius 2 is 1.86 bits per heavy atom. The highest BCUT2D eigenvalue weighted by Crippen LogP contribution is 2.33. The Morgan fingerprint density at radius 1 is 1.16 bits per heavy atom. The second-order valence-corrected chi connectivity index (χ2v) is 11.4. The van der Waals surface area contributed by atoms with E-state index in [1.165, 1.54) is 4.90 Å². The predicted molar refractivity (Wildman–Crippen MR) is 143 cm³/mol. The van der Waals surface area contributed by atoms with Crippen LogP contribution in [-0.4, -0.2) is 50.7 Å². The third kappa shape index (κ3) is 5.78. The van der Waals surface area contributed by atoms with E-state index in [2.05, 4.69) is 15.5 Å². The average Bonchev–Trinajstić information content (AvgIpc) is 3.59. The number of aliphatic hydroxyl groups is 1. The van der Waals surface area contributed by atoms with Gasteiger partial charge in [-0.2, -0.15) is 0 Å². The number of nitrogens with zero attached hydrogens (tertiary/aromatic N) is 3. The molecule has 1 fully saturated rings. The first-order valence-corrected chi connectivity index (χ1v) is 13.7. The number of nitrogens with one attached hydrogen (secondary N) is 1. The van der Waals surface area contributed by atoms with Crippen LogP contribution in [0.2, 0.25) is 0 Å². The van der Waals surface area contributed by atoms with Crippen molar-refractivity contribution in [1.29, 1.82) is 0 Å². The number of amides is 2. The van der Waals surface area contributed by atoms with Gasteiger partial charge < -0.3 is 19.8 Å². The van der Waals surface area contributed by atoms with Crippen molar-refractivity contribution in [3.05, 3.63) is 58.6 Å². The van der Waals surface area contributed by atoms with Crippen LogP contribution in [0.4, 0.5) is 0 Å². The second-order valence-electron chi connectivity index (χ2n) is 10.5. The van der Waals surface area contributed by atoms with Crippen LogP contribution in [0.1, 0.15) is 81.6 Å². The number of likely N-dealkylation sites (tertiary alicyclic amines) is 1. The van der Waals surface area contributed by atoms with E-state index < -0.39 is 18.1 Å². The van der Waals surface area contributed by atoms with Crippen LogP contribution in [-0.2, 0) is 9.59 Å². The predicted octanol–water partition coefficient (Wildman–Crippen LogP) is 4.81. The van der Waals surface area contributed by atoms with E-state index in [9.17, 15) is 14.7 Å². The molecule has 1 saturated heterocycles. The molecule has 0 radical (unpaired) electrons. The van der Waals surface area contributed by atoms with Crippen molar-refractivity contribution in [3.63, 3.8) is 0 Å². The number of hydrogen-bond donors (Lipinski definition) is 2. The Morgan fingerprint density at radius 3 is 2.43 bits per heavy atom. The highest BCUT2D eigenvalue weighted by atomic mass is 32.1. The Bertz CT molecular complexity index is 1230. The maximum Gasteiger partial charge on any atom is 0.243 e. The van der Waals surface area contributed by atoms with Gasteiger partial charge in [-0.3, -0.25) is 9.59 Å². The van der Waals surface area contributed by atoms with Gasteiger partial charge in [0.2, 0.25) is 11.8 Å². The summed E-state index contributed by atoms with van der Waals surface area (Å²) < 4.78 is 5.56. The van der Waals surface area contributed by atoms with E-state index in [1.807, 2.05) is 77.4 Å².